The van der Waals surface area contributed by atoms with Crippen LogP contribution < -0.4 is 0 Å². The van der Waals surface area contributed by atoms with Gasteiger partial charge in [0.2, 0.25) is 5.12 Å². The van der Waals surface area contributed by atoms with Crippen LogP contribution in [0.5, 0.6) is 0 Å². The van der Waals surface area contributed by atoms with E-state index in [1.165, 1.54) is 0 Å². The smallest absolute Gasteiger partial charge is 0.207 e. The van der Waals surface area contributed by atoms with Crippen molar-refractivity contribution in [2.75, 3.05) is 13.1 Å². The van der Waals surface area contributed by atoms with E-state index in [1.54, 1.807) is 0 Å². The summed E-state index contributed by atoms with van der Waals surface area (Å²) in [6.07, 6.45) is 1.38. The summed E-state index contributed by atoms with van der Waals surface area (Å²) < 4.78 is 0. The summed E-state index contributed by atoms with van der Waals surface area (Å²) >= 11 is 4.01. The maximum atomic E-state index is 11.8. The van der Waals surface area contributed by atoms with Gasteiger partial charge in [0.05, 0.1) is 5.60 Å². The second-order valence-corrected chi connectivity index (χ2v) is 5.63. The SMILES string of the molecule is CC1(O)CCN([C@@H](C(=O)S)c2ccccc2)CC1. The van der Waals surface area contributed by atoms with E-state index in [1.807, 2.05) is 37.3 Å². The molecule has 98 valence electrons. The van der Waals surface area contributed by atoms with Crippen LogP contribution in [0.4, 0.5) is 0 Å². The highest BCUT2D eigenvalue weighted by molar-refractivity contribution is 7.96. The van der Waals surface area contributed by atoms with Crippen molar-refractivity contribution in [2.45, 2.75) is 31.4 Å². The maximum absolute atomic E-state index is 11.8. The molecule has 1 N–H and O–H groups in total. The van der Waals surface area contributed by atoms with Gasteiger partial charge in [-0.2, -0.15) is 0 Å². The first-order chi connectivity index (χ1) is 8.49. The largest absolute Gasteiger partial charge is 0.390 e. The number of rotatable bonds is 3. The van der Waals surface area contributed by atoms with E-state index in [0.29, 0.717) is 12.8 Å². The average Bonchev–Trinajstić information content (AvgIpc) is 2.33. The number of nitrogens with zero attached hydrogens (tertiary/aromatic N) is 1. The lowest BCUT2D eigenvalue weighted by molar-refractivity contribution is -0.117. The molecule has 0 aromatic heterocycles. The normalized spacial score (nSPS) is 21.5. The minimum atomic E-state index is -0.600. The number of hydrogen-bond acceptors (Lipinski definition) is 3. The van der Waals surface area contributed by atoms with Gasteiger partial charge in [-0.15, -0.1) is 12.6 Å². The van der Waals surface area contributed by atoms with Crippen molar-refractivity contribution in [1.82, 2.24) is 4.90 Å². The number of thiol groups is 1. The minimum absolute atomic E-state index is 0.136. The number of hydrogen-bond donors (Lipinski definition) is 2. The van der Waals surface area contributed by atoms with Gasteiger partial charge in [0, 0.05) is 13.1 Å². The molecule has 1 atom stereocenters. The number of aliphatic hydroxyl groups is 1. The van der Waals surface area contributed by atoms with Crippen molar-refractivity contribution in [3.05, 3.63) is 35.9 Å². The molecule has 1 aromatic carbocycles. The zero-order valence-electron chi connectivity index (χ0n) is 10.5. The lowest BCUT2D eigenvalue weighted by Gasteiger charge is -2.39. The monoisotopic (exact) mass is 265 g/mol. The Morgan fingerprint density at radius 3 is 2.39 bits per heavy atom. The molecule has 1 fully saturated rings. The van der Waals surface area contributed by atoms with E-state index in [9.17, 15) is 9.90 Å². The number of piperidine rings is 1. The first-order valence-corrected chi connectivity index (χ1v) is 6.68. The highest BCUT2D eigenvalue weighted by atomic mass is 32.1. The van der Waals surface area contributed by atoms with Crippen molar-refractivity contribution in [1.29, 1.82) is 0 Å². The van der Waals surface area contributed by atoms with Crippen molar-refractivity contribution < 1.29 is 9.90 Å². The van der Waals surface area contributed by atoms with Crippen molar-refractivity contribution >= 4 is 17.7 Å². The predicted molar refractivity (Wildman–Crippen MR) is 74.6 cm³/mol. The van der Waals surface area contributed by atoms with Crippen LogP contribution in [0.2, 0.25) is 0 Å². The fraction of sp³-hybridized carbons (Fsp3) is 0.500. The summed E-state index contributed by atoms with van der Waals surface area (Å²) in [6.45, 7) is 3.29. The average molecular weight is 265 g/mol. The number of likely N-dealkylation sites (tertiary alicyclic amines) is 1. The Morgan fingerprint density at radius 2 is 1.89 bits per heavy atom. The van der Waals surface area contributed by atoms with Gasteiger partial charge >= 0.3 is 0 Å². The summed E-state index contributed by atoms with van der Waals surface area (Å²) in [5, 5.41) is 9.82. The minimum Gasteiger partial charge on any atom is -0.390 e. The van der Waals surface area contributed by atoms with Crippen molar-refractivity contribution in [2.24, 2.45) is 0 Å². The molecular formula is C14H19NO2S. The maximum Gasteiger partial charge on any atom is 0.207 e. The molecule has 1 saturated heterocycles. The summed E-state index contributed by atoms with van der Waals surface area (Å²) in [6, 6.07) is 9.39. The van der Waals surface area contributed by atoms with Crippen molar-refractivity contribution in [3.63, 3.8) is 0 Å². The third-order valence-corrected chi connectivity index (χ3v) is 3.83. The summed E-state index contributed by atoms with van der Waals surface area (Å²) in [4.78, 5) is 13.9. The van der Waals surface area contributed by atoms with Gasteiger partial charge in [0.1, 0.15) is 6.04 Å². The molecule has 4 heteroatoms. The van der Waals surface area contributed by atoms with Gasteiger partial charge in [0.15, 0.2) is 0 Å². The Labute approximate surface area is 113 Å². The van der Waals surface area contributed by atoms with Crippen LogP contribution in [-0.2, 0) is 4.79 Å². The van der Waals surface area contributed by atoms with Gasteiger partial charge in [-0.05, 0) is 25.3 Å². The van der Waals surface area contributed by atoms with Crippen LogP contribution in [0.3, 0.4) is 0 Å². The van der Waals surface area contributed by atoms with E-state index in [4.69, 9.17) is 0 Å². The molecule has 0 bridgehead atoms. The van der Waals surface area contributed by atoms with E-state index in [0.717, 1.165) is 18.7 Å². The Bertz CT molecular complexity index is 409. The molecule has 0 radical (unpaired) electrons. The van der Waals surface area contributed by atoms with Gasteiger partial charge in [-0.3, -0.25) is 9.69 Å². The highest BCUT2D eigenvalue weighted by Crippen LogP contribution is 2.30. The quantitative estimate of drug-likeness (QED) is 0.822. The number of carbonyl (C=O) groups excluding carboxylic acids is 1. The molecule has 0 unspecified atom stereocenters. The Balaban J connectivity index is 2.15. The Kier molecular flexibility index (Phi) is 4.10. The third-order valence-electron chi connectivity index (χ3n) is 3.59. The second kappa shape index (κ2) is 5.43. The Hall–Kier alpha value is -0.840. The molecule has 3 nitrogen and oxygen atoms in total. The highest BCUT2D eigenvalue weighted by Gasteiger charge is 2.33. The zero-order chi connectivity index (χ0) is 13.2. The lowest BCUT2D eigenvalue weighted by Crippen LogP contribution is -2.45. The standard InChI is InChI=1S/C14H19NO2S/c1-14(17)7-9-15(10-8-14)12(13(16)18)11-5-3-2-4-6-11/h2-6,12,17H,7-10H2,1H3,(H,16,18)/t12-/m1/s1. The molecule has 0 aliphatic carbocycles. The first-order valence-electron chi connectivity index (χ1n) is 6.24. The van der Waals surface area contributed by atoms with Crippen LogP contribution in [-0.4, -0.2) is 33.8 Å². The van der Waals surface area contributed by atoms with Gasteiger partial charge in [-0.25, -0.2) is 0 Å². The molecule has 0 spiro atoms. The molecular weight excluding hydrogens is 246 g/mol. The molecule has 2 rings (SSSR count). The van der Waals surface area contributed by atoms with Crippen LogP contribution >= 0.6 is 12.6 Å². The van der Waals surface area contributed by atoms with Gasteiger partial charge < -0.3 is 5.11 Å². The topological polar surface area (TPSA) is 40.5 Å². The number of benzene rings is 1. The third kappa shape index (κ3) is 3.13. The molecule has 0 amide bonds. The van der Waals surface area contributed by atoms with E-state index < -0.39 is 5.60 Å². The molecule has 0 saturated carbocycles. The van der Waals surface area contributed by atoms with Crippen LogP contribution in [0.1, 0.15) is 31.4 Å². The van der Waals surface area contributed by atoms with E-state index in [-0.39, 0.29) is 11.2 Å². The number of carbonyl (C=O) groups is 1. The zero-order valence-corrected chi connectivity index (χ0v) is 11.4. The fourth-order valence-corrected chi connectivity index (χ4v) is 2.72. The molecule has 1 heterocycles. The Morgan fingerprint density at radius 1 is 1.33 bits per heavy atom. The van der Waals surface area contributed by atoms with Gasteiger partial charge in [-0.1, -0.05) is 30.3 Å². The van der Waals surface area contributed by atoms with Crippen molar-refractivity contribution in [3.8, 4) is 0 Å². The van der Waals surface area contributed by atoms with Crippen LogP contribution in [0, 0.1) is 0 Å². The molecule has 1 aromatic rings. The van der Waals surface area contributed by atoms with E-state index >= 15 is 0 Å². The van der Waals surface area contributed by atoms with Crippen LogP contribution in [0.15, 0.2) is 30.3 Å². The fourth-order valence-electron chi connectivity index (χ4n) is 2.41. The van der Waals surface area contributed by atoms with Gasteiger partial charge in [0.25, 0.3) is 0 Å². The lowest BCUT2D eigenvalue weighted by atomic mass is 9.92. The molecule has 1 aliphatic rings. The summed E-state index contributed by atoms with van der Waals surface area (Å²) in [5.41, 5.74) is 0.372. The molecule has 1 aliphatic heterocycles. The second-order valence-electron chi connectivity index (χ2n) is 5.18. The molecule has 18 heavy (non-hydrogen) atoms. The van der Waals surface area contributed by atoms with Crippen LogP contribution in [0.25, 0.3) is 0 Å². The predicted octanol–water partition coefficient (Wildman–Crippen LogP) is 2.03. The summed E-state index contributed by atoms with van der Waals surface area (Å²) in [7, 11) is 0. The summed E-state index contributed by atoms with van der Waals surface area (Å²) in [5.74, 6) is 0. The van der Waals surface area contributed by atoms with E-state index in [2.05, 4.69) is 17.5 Å². The first kappa shape index (κ1) is 13.6.